The minimum absolute atomic E-state index is 0.190. The van der Waals surface area contributed by atoms with Gasteiger partial charge < -0.3 is 16.5 Å². The van der Waals surface area contributed by atoms with Gasteiger partial charge in [-0.05, 0) is 39.7 Å². The lowest BCUT2D eigenvalue weighted by atomic mass is 10.0. The third-order valence-corrected chi connectivity index (χ3v) is 3.63. The van der Waals surface area contributed by atoms with Crippen molar-refractivity contribution in [1.82, 2.24) is 4.98 Å². The Balaban J connectivity index is 2.08. The monoisotopic (exact) mass is 342 g/mol. The van der Waals surface area contributed by atoms with Crippen molar-refractivity contribution in [3.63, 3.8) is 0 Å². The van der Waals surface area contributed by atoms with Gasteiger partial charge in [-0.2, -0.15) is 0 Å². The number of benzene rings is 1. The normalized spacial score (nSPS) is 14.9. The average Bonchev–Trinajstić information content (AvgIpc) is 2.75. The van der Waals surface area contributed by atoms with E-state index in [1.54, 1.807) is 24.4 Å². The summed E-state index contributed by atoms with van der Waals surface area (Å²) in [6.45, 7) is 0. The van der Waals surface area contributed by atoms with E-state index in [-0.39, 0.29) is 5.91 Å². The van der Waals surface area contributed by atoms with Crippen LogP contribution in [-0.4, -0.2) is 17.1 Å². The van der Waals surface area contributed by atoms with Crippen molar-refractivity contribution in [3.05, 3.63) is 51.6 Å². The van der Waals surface area contributed by atoms with Gasteiger partial charge in [-0.1, -0.05) is 12.1 Å². The Morgan fingerprint density at radius 2 is 2.14 bits per heavy atom. The molecule has 4 N–H and O–H groups in total. The van der Waals surface area contributed by atoms with Crippen LogP contribution in [0, 0.1) is 5.41 Å². The van der Waals surface area contributed by atoms with E-state index < -0.39 is 0 Å². The zero-order chi connectivity index (χ0) is 15.0. The van der Waals surface area contributed by atoms with Crippen LogP contribution in [0.25, 0.3) is 11.6 Å². The number of amides is 1. The summed E-state index contributed by atoms with van der Waals surface area (Å²) in [6, 6.07) is 7.16. The summed E-state index contributed by atoms with van der Waals surface area (Å²) in [7, 11) is 0. The molecule has 0 atom stereocenters. The Hall–Kier alpha value is -2.47. The number of nitrogens with zero attached hydrogens (tertiary/aromatic N) is 1. The first-order chi connectivity index (χ1) is 10.1. The molecule has 1 aromatic carbocycles. The highest BCUT2D eigenvalue weighted by Crippen LogP contribution is 2.33. The van der Waals surface area contributed by atoms with Crippen LogP contribution in [0.15, 0.2) is 34.9 Å². The molecule has 0 spiro atoms. The fraction of sp³-hybridized carbons (Fsp3) is 0. The third-order valence-electron chi connectivity index (χ3n) is 3.20. The number of nitrogen functional groups attached to an aromatic ring is 1. The lowest BCUT2D eigenvalue weighted by Gasteiger charge is -2.02. The van der Waals surface area contributed by atoms with Crippen molar-refractivity contribution in [2.24, 2.45) is 0 Å². The summed E-state index contributed by atoms with van der Waals surface area (Å²) < 4.78 is 0.808. The number of fused-ring (bicyclic) bond motifs is 1. The largest absolute Gasteiger partial charge is 0.398 e. The maximum Gasteiger partial charge on any atom is 0.257 e. The Labute approximate surface area is 129 Å². The van der Waals surface area contributed by atoms with E-state index in [1.807, 2.05) is 12.1 Å². The molecule has 0 unspecified atom stereocenters. The number of carbonyl (C=O) groups excluding carboxylic acids is 1. The molecule has 0 radical (unpaired) electrons. The minimum atomic E-state index is -0.190. The quantitative estimate of drug-likeness (QED) is 0.445. The predicted molar refractivity (Wildman–Crippen MR) is 87.2 cm³/mol. The lowest BCUT2D eigenvalue weighted by molar-refractivity contribution is -0.110. The zero-order valence-corrected chi connectivity index (χ0v) is 12.4. The first-order valence-electron chi connectivity index (χ1n) is 6.17. The summed E-state index contributed by atoms with van der Waals surface area (Å²) in [4.78, 5) is 16.2. The molecule has 0 saturated carbocycles. The van der Waals surface area contributed by atoms with Gasteiger partial charge in [-0.3, -0.25) is 4.79 Å². The Morgan fingerprint density at radius 1 is 1.33 bits per heavy atom. The molecule has 0 bridgehead atoms. The predicted octanol–water partition coefficient (Wildman–Crippen LogP) is 2.92. The van der Waals surface area contributed by atoms with Crippen LogP contribution >= 0.6 is 15.9 Å². The van der Waals surface area contributed by atoms with Crippen LogP contribution in [0.3, 0.4) is 0 Å². The number of hydrogen-bond acceptors (Lipinski definition) is 4. The van der Waals surface area contributed by atoms with Gasteiger partial charge in [-0.25, -0.2) is 4.98 Å². The molecule has 3 rings (SSSR count). The summed E-state index contributed by atoms with van der Waals surface area (Å²) in [5.74, 6) is 0.365. The number of halogens is 1. The van der Waals surface area contributed by atoms with Crippen LogP contribution < -0.4 is 11.1 Å². The molecule has 1 aliphatic rings. The molecule has 0 aliphatic carbocycles. The Kier molecular flexibility index (Phi) is 3.31. The van der Waals surface area contributed by atoms with E-state index in [0.717, 1.165) is 15.6 Å². The van der Waals surface area contributed by atoms with Crippen LogP contribution in [0.2, 0.25) is 0 Å². The topological polar surface area (TPSA) is 91.9 Å². The molecule has 1 amide bonds. The van der Waals surface area contributed by atoms with Gasteiger partial charge in [-0.15, -0.1) is 0 Å². The van der Waals surface area contributed by atoms with Crippen molar-refractivity contribution >= 4 is 51.2 Å². The lowest BCUT2D eigenvalue weighted by Crippen LogP contribution is -2.04. The van der Waals surface area contributed by atoms with Gasteiger partial charge >= 0.3 is 0 Å². The Morgan fingerprint density at radius 3 is 2.86 bits per heavy atom. The number of anilines is 2. The van der Waals surface area contributed by atoms with Gasteiger partial charge in [0.1, 0.15) is 5.82 Å². The van der Waals surface area contributed by atoms with E-state index in [2.05, 4.69) is 26.2 Å². The van der Waals surface area contributed by atoms with Crippen molar-refractivity contribution in [1.29, 1.82) is 5.41 Å². The fourth-order valence-corrected chi connectivity index (χ4v) is 2.50. The zero-order valence-electron chi connectivity index (χ0n) is 10.9. The molecule has 6 heteroatoms. The number of carbonyl (C=O) groups is 1. The number of nitrogens with two attached hydrogens (primary N) is 1. The molecule has 21 heavy (non-hydrogen) atoms. The van der Waals surface area contributed by atoms with Gasteiger partial charge in [0.2, 0.25) is 0 Å². The molecule has 2 heterocycles. The summed E-state index contributed by atoms with van der Waals surface area (Å²) >= 11 is 3.35. The molecular formula is C15H11BrN4O. The summed E-state index contributed by atoms with van der Waals surface area (Å²) in [5, 5.41) is 9.96. The van der Waals surface area contributed by atoms with E-state index in [1.165, 1.54) is 6.21 Å². The highest BCUT2D eigenvalue weighted by molar-refractivity contribution is 9.10. The second-order valence-corrected chi connectivity index (χ2v) is 5.51. The van der Waals surface area contributed by atoms with E-state index in [9.17, 15) is 4.79 Å². The first-order valence-corrected chi connectivity index (χ1v) is 6.97. The standard InChI is InChI=1S/C15H11BrN4O/c16-10-5-11-12(15(21)20-14(11)19-7-10)3-8-1-2-9(6-17)13(18)4-8/h1-7,17H,18H2,(H,19,20,21)/b12-3+,17-6?. The number of rotatable bonds is 2. The highest BCUT2D eigenvalue weighted by atomic mass is 79.9. The number of nitrogens with one attached hydrogen (secondary N) is 2. The minimum Gasteiger partial charge on any atom is -0.398 e. The Bertz CT molecular complexity index is 798. The summed E-state index contributed by atoms with van der Waals surface area (Å²) in [5.41, 5.74) is 9.11. The van der Waals surface area contributed by atoms with Crippen LogP contribution in [0.1, 0.15) is 16.7 Å². The van der Waals surface area contributed by atoms with Crippen molar-refractivity contribution in [2.45, 2.75) is 0 Å². The molecule has 0 fully saturated rings. The van der Waals surface area contributed by atoms with Crippen LogP contribution in [-0.2, 0) is 4.79 Å². The third kappa shape index (κ3) is 2.45. The van der Waals surface area contributed by atoms with Gasteiger partial charge in [0.05, 0.1) is 5.57 Å². The fourth-order valence-electron chi connectivity index (χ4n) is 2.17. The summed E-state index contributed by atoms with van der Waals surface area (Å²) in [6.07, 6.45) is 4.60. The van der Waals surface area contributed by atoms with E-state index >= 15 is 0 Å². The first kappa shape index (κ1) is 13.5. The maximum absolute atomic E-state index is 12.1. The smallest absolute Gasteiger partial charge is 0.257 e. The van der Waals surface area contributed by atoms with E-state index in [4.69, 9.17) is 11.1 Å². The molecule has 1 aliphatic heterocycles. The molecule has 0 saturated heterocycles. The second kappa shape index (κ2) is 5.14. The highest BCUT2D eigenvalue weighted by Gasteiger charge is 2.25. The van der Waals surface area contributed by atoms with Crippen molar-refractivity contribution in [3.8, 4) is 0 Å². The van der Waals surface area contributed by atoms with Gasteiger partial charge in [0.25, 0.3) is 5.91 Å². The molecule has 2 aromatic rings. The molecular weight excluding hydrogens is 332 g/mol. The molecule has 1 aromatic heterocycles. The number of hydrogen-bond donors (Lipinski definition) is 3. The number of pyridine rings is 1. The molecule has 104 valence electrons. The van der Waals surface area contributed by atoms with E-state index in [0.29, 0.717) is 22.6 Å². The van der Waals surface area contributed by atoms with Gasteiger partial charge in [0, 0.05) is 33.7 Å². The number of aromatic nitrogens is 1. The average molecular weight is 343 g/mol. The maximum atomic E-state index is 12.1. The van der Waals surface area contributed by atoms with Gasteiger partial charge in [0.15, 0.2) is 0 Å². The second-order valence-electron chi connectivity index (χ2n) is 4.59. The SMILES string of the molecule is N=Cc1ccc(/C=C2/C(=O)Nc3ncc(Br)cc32)cc1N. The van der Waals surface area contributed by atoms with Crippen LogP contribution in [0.5, 0.6) is 0 Å². The van der Waals surface area contributed by atoms with Crippen molar-refractivity contribution < 1.29 is 4.79 Å². The van der Waals surface area contributed by atoms with Crippen molar-refractivity contribution in [2.75, 3.05) is 11.1 Å². The molecule has 5 nitrogen and oxygen atoms in total. The van der Waals surface area contributed by atoms with Crippen LogP contribution in [0.4, 0.5) is 11.5 Å².